The molecule has 104 valence electrons. The van der Waals surface area contributed by atoms with Crippen LogP contribution < -0.4 is 5.73 Å². The SMILES string of the molecule is Cc1cccc(C(O)C2(CN)Cc3ccccc3C2)c1. The summed E-state index contributed by atoms with van der Waals surface area (Å²) in [6, 6.07) is 16.5. The Hall–Kier alpha value is -1.64. The molecule has 1 aliphatic carbocycles. The Morgan fingerprint density at radius 3 is 2.30 bits per heavy atom. The maximum atomic E-state index is 10.9. The van der Waals surface area contributed by atoms with Gasteiger partial charge in [0.1, 0.15) is 0 Å². The van der Waals surface area contributed by atoms with Crippen LogP contribution in [0.3, 0.4) is 0 Å². The average molecular weight is 267 g/mol. The molecule has 1 aliphatic rings. The third-order valence-corrected chi connectivity index (χ3v) is 4.55. The topological polar surface area (TPSA) is 46.2 Å². The molecule has 2 nitrogen and oxygen atoms in total. The van der Waals surface area contributed by atoms with Gasteiger partial charge in [0, 0.05) is 12.0 Å². The third-order valence-electron chi connectivity index (χ3n) is 4.55. The van der Waals surface area contributed by atoms with Crippen LogP contribution in [0.25, 0.3) is 0 Å². The van der Waals surface area contributed by atoms with Crippen LogP contribution in [0, 0.1) is 12.3 Å². The van der Waals surface area contributed by atoms with Gasteiger partial charge in [0.05, 0.1) is 6.10 Å². The second-order valence-electron chi connectivity index (χ2n) is 6.01. The van der Waals surface area contributed by atoms with Crippen LogP contribution in [0.5, 0.6) is 0 Å². The zero-order valence-electron chi connectivity index (χ0n) is 11.8. The van der Waals surface area contributed by atoms with Crippen molar-refractivity contribution in [1.29, 1.82) is 0 Å². The van der Waals surface area contributed by atoms with Gasteiger partial charge in [0.15, 0.2) is 0 Å². The zero-order chi connectivity index (χ0) is 14.2. The summed E-state index contributed by atoms with van der Waals surface area (Å²) in [4.78, 5) is 0. The Labute approximate surface area is 120 Å². The van der Waals surface area contributed by atoms with Gasteiger partial charge in [-0.3, -0.25) is 0 Å². The van der Waals surface area contributed by atoms with Crippen molar-refractivity contribution in [2.75, 3.05) is 6.54 Å². The monoisotopic (exact) mass is 267 g/mol. The van der Waals surface area contributed by atoms with Crippen LogP contribution in [0.15, 0.2) is 48.5 Å². The highest BCUT2D eigenvalue weighted by Gasteiger charge is 2.42. The van der Waals surface area contributed by atoms with Crippen molar-refractivity contribution in [2.45, 2.75) is 25.9 Å². The molecule has 0 amide bonds. The summed E-state index contributed by atoms with van der Waals surface area (Å²) in [5.74, 6) is 0. The number of rotatable bonds is 3. The number of hydrogen-bond donors (Lipinski definition) is 2. The number of benzene rings is 2. The van der Waals surface area contributed by atoms with E-state index in [1.807, 2.05) is 12.1 Å². The van der Waals surface area contributed by atoms with Gasteiger partial charge in [-0.2, -0.15) is 0 Å². The normalized spacial score (nSPS) is 17.8. The van der Waals surface area contributed by atoms with Gasteiger partial charge in [-0.15, -0.1) is 0 Å². The van der Waals surface area contributed by atoms with Crippen molar-refractivity contribution < 1.29 is 5.11 Å². The predicted molar refractivity (Wildman–Crippen MR) is 81.5 cm³/mol. The molecule has 0 spiro atoms. The van der Waals surface area contributed by atoms with E-state index in [9.17, 15) is 5.11 Å². The number of nitrogens with two attached hydrogens (primary N) is 1. The molecule has 0 saturated heterocycles. The fraction of sp³-hybridized carbons (Fsp3) is 0.333. The minimum atomic E-state index is -0.514. The van der Waals surface area contributed by atoms with Crippen LogP contribution in [-0.2, 0) is 12.8 Å². The van der Waals surface area contributed by atoms with Gasteiger partial charge in [0.2, 0.25) is 0 Å². The van der Waals surface area contributed by atoms with E-state index in [-0.39, 0.29) is 5.41 Å². The summed E-state index contributed by atoms with van der Waals surface area (Å²) in [5.41, 5.74) is 10.6. The van der Waals surface area contributed by atoms with Gasteiger partial charge < -0.3 is 10.8 Å². The van der Waals surface area contributed by atoms with E-state index in [0.29, 0.717) is 6.54 Å². The Morgan fingerprint density at radius 2 is 1.75 bits per heavy atom. The maximum Gasteiger partial charge on any atom is 0.0864 e. The first-order valence-corrected chi connectivity index (χ1v) is 7.16. The highest BCUT2D eigenvalue weighted by atomic mass is 16.3. The minimum Gasteiger partial charge on any atom is -0.388 e. The molecule has 0 bridgehead atoms. The standard InChI is InChI=1S/C18H21NO/c1-13-5-4-8-14(9-13)17(20)18(12-19)10-15-6-2-3-7-16(15)11-18/h2-9,17,20H,10-12,19H2,1H3. The molecule has 0 heterocycles. The van der Waals surface area contributed by atoms with Crippen LogP contribution in [0.2, 0.25) is 0 Å². The van der Waals surface area contributed by atoms with Crippen molar-refractivity contribution in [3.8, 4) is 0 Å². The van der Waals surface area contributed by atoms with Gasteiger partial charge >= 0.3 is 0 Å². The second-order valence-corrected chi connectivity index (χ2v) is 6.01. The van der Waals surface area contributed by atoms with E-state index >= 15 is 0 Å². The Morgan fingerprint density at radius 1 is 1.10 bits per heavy atom. The lowest BCUT2D eigenvalue weighted by Crippen LogP contribution is -2.37. The summed E-state index contributed by atoms with van der Waals surface area (Å²) < 4.78 is 0. The van der Waals surface area contributed by atoms with Gasteiger partial charge in [-0.1, -0.05) is 54.1 Å². The Balaban J connectivity index is 1.95. The smallest absolute Gasteiger partial charge is 0.0864 e. The van der Waals surface area contributed by atoms with E-state index in [1.54, 1.807) is 0 Å². The first-order chi connectivity index (χ1) is 9.64. The van der Waals surface area contributed by atoms with E-state index in [4.69, 9.17) is 5.73 Å². The molecule has 1 atom stereocenters. The number of aliphatic hydroxyl groups excluding tert-OH is 1. The zero-order valence-corrected chi connectivity index (χ0v) is 11.8. The lowest BCUT2D eigenvalue weighted by atomic mass is 9.76. The Bertz CT molecular complexity index is 595. The van der Waals surface area contributed by atoms with E-state index < -0.39 is 6.10 Å². The van der Waals surface area contributed by atoms with Crippen LogP contribution in [0.1, 0.15) is 28.4 Å². The third kappa shape index (κ3) is 2.15. The molecule has 2 aromatic carbocycles. The molecule has 0 fully saturated rings. The van der Waals surface area contributed by atoms with E-state index in [2.05, 4.69) is 43.3 Å². The highest BCUT2D eigenvalue weighted by Crippen LogP contribution is 2.45. The molecule has 0 aliphatic heterocycles. The summed E-state index contributed by atoms with van der Waals surface area (Å²) >= 11 is 0. The minimum absolute atomic E-state index is 0.266. The fourth-order valence-electron chi connectivity index (χ4n) is 3.37. The summed E-state index contributed by atoms with van der Waals surface area (Å²) in [7, 11) is 0. The molecule has 3 N–H and O–H groups in total. The summed E-state index contributed by atoms with van der Waals surface area (Å²) in [5, 5.41) is 10.9. The maximum absolute atomic E-state index is 10.9. The van der Waals surface area contributed by atoms with E-state index in [1.165, 1.54) is 16.7 Å². The second kappa shape index (κ2) is 5.04. The molecule has 2 heteroatoms. The van der Waals surface area contributed by atoms with E-state index in [0.717, 1.165) is 18.4 Å². The first-order valence-electron chi connectivity index (χ1n) is 7.16. The molecule has 1 unspecified atom stereocenters. The molecular formula is C18H21NO. The highest BCUT2D eigenvalue weighted by molar-refractivity contribution is 5.37. The molecular weight excluding hydrogens is 246 g/mol. The number of hydrogen-bond acceptors (Lipinski definition) is 2. The molecule has 20 heavy (non-hydrogen) atoms. The number of aryl methyl sites for hydroxylation is 1. The van der Waals surface area contributed by atoms with Crippen molar-refractivity contribution in [3.05, 3.63) is 70.8 Å². The molecule has 0 saturated carbocycles. The summed E-state index contributed by atoms with van der Waals surface area (Å²) in [6.07, 6.45) is 1.20. The largest absolute Gasteiger partial charge is 0.388 e. The van der Waals surface area contributed by atoms with Gasteiger partial charge in [-0.25, -0.2) is 0 Å². The van der Waals surface area contributed by atoms with Crippen LogP contribution in [0.4, 0.5) is 0 Å². The molecule has 0 radical (unpaired) electrons. The quantitative estimate of drug-likeness (QED) is 0.898. The van der Waals surface area contributed by atoms with Gasteiger partial charge in [-0.05, 0) is 36.5 Å². The Kier molecular flexibility index (Phi) is 3.36. The summed E-state index contributed by atoms with van der Waals surface area (Å²) in [6.45, 7) is 2.55. The lowest BCUT2D eigenvalue weighted by molar-refractivity contribution is 0.0358. The fourth-order valence-corrected chi connectivity index (χ4v) is 3.37. The van der Waals surface area contributed by atoms with Crippen molar-refractivity contribution in [2.24, 2.45) is 11.1 Å². The van der Waals surface area contributed by atoms with Crippen molar-refractivity contribution in [1.82, 2.24) is 0 Å². The molecule has 2 aromatic rings. The van der Waals surface area contributed by atoms with Crippen molar-refractivity contribution >= 4 is 0 Å². The number of aliphatic hydroxyl groups is 1. The first kappa shape index (κ1) is 13.3. The van der Waals surface area contributed by atoms with Crippen LogP contribution in [-0.4, -0.2) is 11.7 Å². The molecule has 0 aromatic heterocycles. The molecule has 3 rings (SSSR count). The van der Waals surface area contributed by atoms with Crippen LogP contribution >= 0.6 is 0 Å². The number of fused-ring (bicyclic) bond motifs is 1. The lowest BCUT2D eigenvalue weighted by Gasteiger charge is -2.33. The predicted octanol–water partition coefficient (Wildman–Crippen LogP) is 2.77. The van der Waals surface area contributed by atoms with Crippen molar-refractivity contribution in [3.63, 3.8) is 0 Å². The van der Waals surface area contributed by atoms with Gasteiger partial charge in [0.25, 0.3) is 0 Å². The average Bonchev–Trinajstić information content (AvgIpc) is 2.86.